The number of aromatic nitrogens is 1. The molecule has 0 bridgehead atoms. The molecule has 7 heteroatoms. The van der Waals surface area contributed by atoms with Crippen LogP contribution in [-0.2, 0) is 10.0 Å². The summed E-state index contributed by atoms with van der Waals surface area (Å²) in [6.45, 7) is 6.54. The zero-order valence-electron chi connectivity index (χ0n) is 15.9. The highest BCUT2D eigenvalue weighted by molar-refractivity contribution is 7.89. The fourth-order valence-corrected chi connectivity index (χ4v) is 5.63. The Labute approximate surface area is 160 Å². The fourth-order valence-electron chi connectivity index (χ4n) is 3.67. The molecule has 6 nitrogen and oxygen atoms in total. The topological polar surface area (TPSA) is 79.4 Å². The average Bonchev–Trinajstić information content (AvgIpc) is 2.66. The van der Waals surface area contributed by atoms with Gasteiger partial charge in [-0.2, -0.15) is 4.31 Å². The maximum absolute atomic E-state index is 13.3. The van der Waals surface area contributed by atoms with Crippen molar-refractivity contribution < 1.29 is 13.2 Å². The second-order valence-electron chi connectivity index (χ2n) is 7.00. The minimum Gasteiger partial charge on any atom is -0.321 e. The van der Waals surface area contributed by atoms with Gasteiger partial charge in [0.25, 0.3) is 5.91 Å². The first-order valence-corrected chi connectivity index (χ1v) is 10.6. The van der Waals surface area contributed by atoms with E-state index in [0.717, 1.165) is 24.8 Å². The molecule has 0 atom stereocenters. The third kappa shape index (κ3) is 3.89. The molecular weight excluding hydrogens is 362 g/mol. The predicted molar refractivity (Wildman–Crippen MR) is 105 cm³/mol. The van der Waals surface area contributed by atoms with Crippen molar-refractivity contribution in [1.82, 2.24) is 9.29 Å². The van der Waals surface area contributed by atoms with Crippen molar-refractivity contribution in [2.24, 2.45) is 0 Å². The Balaban J connectivity index is 2.02. The maximum atomic E-state index is 13.3. The van der Waals surface area contributed by atoms with Gasteiger partial charge in [0.1, 0.15) is 0 Å². The predicted octanol–water partition coefficient (Wildman–Crippen LogP) is 3.43. The van der Waals surface area contributed by atoms with Crippen LogP contribution < -0.4 is 5.32 Å². The number of nitrogens with one attached hydrogen (secondary N) is 1. The van der Waals surface area contributed by atoms with Gasteiger partial charge in [0, 0.05) is 31.2 Å². The highest BCUT2D eigenvalue weighted by Crippen LogP contribution is 2.33. The van der Waals surface area contributed by atoms with Gasteiger partial charge in [0.05, 0.1) is 10.5 Å². The fraction of sp³-hybridized carbons (Fsp3) is 0.400. The normalized spacial score (nSPS) is 15.5. The number of piperidine rings is 1. The largest absolute Gasteiger partial charge is 0.321 e. The Kier molecular flexibility index (Phi) is 5.62. The third-order valence-electron chi connectivity index (χ3n) is 4.98. The first kappa shape index (κ1) is 19.5. The Morgan fingerprint density at radius 1 is 1.11 bits per heavy atom. The van der Waals surface area contributed by atoms with Crippen molar-refractivity contribution in [3.8, 4) is 0 Å². The molecule has 1 amide bonds. The number of nitrogens with zero attached hydrogens (tertiary/aromatic N) is 2. The van der Waals surface area contributed by atoms with E-state index in [9.17, 15) is 13.2 Å². The Hall–Kier alpha value is -2.25. The number of pyridine rings is 1. The Bertz CT molecular complexity index is 950. The number of hydrogen-bond donors (Lipinski definition) is 1. The monoisotopic (exact) mass is 387 g/mol. The summed E-state index contributed by atoms with van der Waals surface area (Å²) in [6, 6.07) is 5.19. The number of sulfonamides is 1. The summed E-state index contributed by atoms with van der Waals surface area (Å²) in [4.78, 5) is 16.8. The first-order chi connectivity index (χ1) is 12.8. The first-order valence-electron chi connectivity index (χ1n) is 9.14. The van der Waals surface area contributed by atoms with Crippen molar-refractivity contribution in [3.63, 3.8) is 0 Å². The van der Waals surface area contributed by atoms with Crippen molar-refractivity contribution in [2.45, 2.75) is 44.9 Å². The molecule has 1 fully saturated rings. The Morgan fingerprint density at radius 3 is 2.44 bits per heavy atom. The van der Waals surface area contributed by atoms with Crippen LogP contribution >= 0.6 is 0 Å². The van der Waals surface area contributed by atoms with E-state index >= 15 is 0 Å². The highest BCUT2D eigenvalue weighted by Gasteiger charge is 2.30. The minimum absolute atomic E-state index is 0.302. The molecule has 2 heterocycles. The maximum Gasteiger partial charge on any atom is 0.257 e. The number of carbonyl (C=O) groups excluding carboxylic acids is 1. The summed E-state index contributed by atoms with van der Waals surface area (Å²) in [6.07, 6.45) is 5.91. The average molecular weight is 388 g/mol. The zero-order valence-corrected chi connectivity index (χ0v) is 16.8. The molecule has 1 aromatic heterocycles. The summed E-state index contributed by atoms with van der Waals surface area (Å²) >= 11 is 0. The van der Waals surface area contributed by atoms with Crippen LogP contribution in [-0.4, -0.2) is 36.7 Å². The second kappa shape index (κ2) is 7.78. The van der Waals surface area contributed by atoms with Crippen molar-refractivity contribution >= 4 is 21.6 Å². The lowest BCUT2D eigenvalue weighted by molar-refractivity contribution is 0.102. The number of hydrogen-bond acceptors (Lipinski definition) is 4. The van der Waals surface area contributed by atoms with Gasteiger partial charge >= 0.3 is 0 Å². The Morgan fingerprint density at radius 2 is 1.81 bits per heavy atom. The SMILES string of the molecule is Cc1cc(C)c(S(=O)(=O)N2CCCCC2)c(C)c1NC(=O)c1cccnc1. The molecule has 1 N–H and O–H groups in total. The lowest BCUT2D eigenvalue weighted by atomic mass is 10.0. The summed E-state index contributed by atoms with van der Waals surface area (Å²) in [5.41, 5.74) is 3.09. The summed E-state index contributed by atoms with van der Waals surface area (Å²) < 4.78 is 28.1. The van der Waals surface area contributed by atoms with E-state index in [1.54, 1.807) is 29.6 Å². The standard InChI is InChI=1S/C20H25N3O3S/c1-14-12-15(2)19(27(25,26)23-10-5-4-6-11-23)16(3)18(14)22-20(24)17-8-7-9-21-13-17/h7-9,12-13H,4-6,10-11H2,1-3H3,(H,22,24). The van der Waals surface area contributed by atoms with Crippen LogP contribution in [0.3, 0.4) is 0 Å². The molecule has 1 saturated heterocycles. The summed E-state index contributed by atoms with van der Waals surface area (Å²) in [7, 11) is -3.59. The number of benzene rings is 1. The van der Waals surface area contributed by atoms with Gasteiger partial charge in [-0.1, -0.05) is 12.5 Å². The van der Waals surface area contributed by atoms with Crippen molar-refractivity contribution in [2.75, 3.05) is 18.4 Å². The van der Waals surface area contributed by atoms with Crippen LogP contribution in [0.1, 0.15) is 46.3 Å². The van der Waals surface area contributed by atoms with Gasteiger partial charge in [0.15, 0.2) is 0 Å². The van der Waals surface area contributed by atoms with Crippen molar-refractivity contribution in [3.05, 3.63) is 52.8 Å². The molecule has 1 aliphatic heterocycles. The molecule has 27 heavy (non-hydrogen) atoms. The van der Waals surface area contributed by atoms with E-state index in [0.29, 0.717) is 40.4 Å². The van der Waals surface area contributed by atoms with Gasteiger partial charge in [-0.25, -0.2) is 8.42 Å². The zero-order chi connectivity index (χ0) is 19.6. The number of aryl methyl sites for hydroxylation is 2. The highest BCUT2D eigenvalue weighted by atomic mass is 32.2. The van der Waals surface area contributed by atoms with E-state index in [-0.39, 0.29) is 5.91 Å². The lowest BCUT2D eigenvalue weighted by Crippen LogP contribution is -2.36. The smallest absolute Gasteiger partial charge is 0.257 e. The van der Waals surface area contributed by atoms with Gasteiger partial charge in [-0.3, -0.25) is 9.78 Å². The molecule has 0 radical (unpaired) electrons. The third-order valence-corrected chi connectivity index (χ3v) is 7.17. The van der Waals surface area contributed by atoms with Crippen LogP contribution in [0.2, 0.25) is 0 Å². The van der Waals surface area contributed by atoms with Gasteiger partial charge in [-0.15, -0.1) is 0 Å². The van der Waals surface area contributed by atoms with Crippen LogP contribution in [0.4, 0.5) is 5.69 Å². The lowest BCUT2D eigenvalue weighted by Gasteiger charge is -2.28. The van der Waals surface area contributed by atoms with E-state index < -0.39 is 10.0 Å². The molecule has 0 spiro atoms. The quantitative estimate of drug-likeness (QED) is 0.872. The molecule has 0 aliphatic carbocycles. The molecule has 1 aromatic carbocycles. The van der Waals surface area contributed by atoms with E-state index in [1.165, 1.54) is 6.20 Å². The number of anilines is 1. The molecule has 1 aliphatic rings. The van der Waals surface area contributed by atoms with E-state index in [2.05, 4.69) is 10.3 Å². The number of amides is 1. The molecule has 0 saturated carbocycles. The number of carbonyl (C=O) groups is 1. The van der Waals surface area contributed by atoms with E-state index in [1.807, 2.05) is 19.9 Å². The second-order valence-corrected chi connectivity index (χ2v) is 8.87. The summed E-state index contributed by atoms with van der Waals surface area (Å²) in [5, 5.41) is 2.88. The summed E-state index contributed by atoms with van der Waals surface area (Å²) in [5.74, 6) is -0.306. The van der Waals surface area contributed by atoms with Gasteiger partial charge in [-0.05, 0) is 62.4 Å². The van der Waals surface area contributed by atoms with Gasteiger partial charge in [0.2, 0.25) is 10.0 Å². The van der Waals surface area contributed by atoms with Gasteiger partial charge < -0.3 is 5.32 Å². The molecule has 0 unspecified atom stereocenters. The van der Waals surface area contributed by atoms with Crippen LogP contribution in [0, 0.1) is 20.8 Å². The van der Waals surface area contributed by atoms with Crippen LogP contribution in [0.25, 0.3) is 0 Å². The molecular formula is C20H25N3O3S. The molecule has 2 aromatic rings. The molecule has 3 rings (SSSR count). The molecule has 144 valence electrons. The van der Waals surface area contributed by atoms with Crippen molar-refractivity contribution in [1.29, 1.82) is 0 Å². The number of rotatable bonds is 4. The minimum atomic E-state index is -3.59. The van der Waals surface area contributed by atoms with E-state index in [4.69, 9.17) is 0 Å². The van der Waals surface area contributed by atoms with Crippen LogP contribution in [0.15, 0.2) is 35.5 Å². The van der Waals surface area contributed by atoms with Crippen LogP contribution in [0.5, 0.6) is 0 Å².